The normalized spacial score (nSPS) is 17.1. The minimum Gasteiger partial charge on any atom is -0.349 e. The SMILES string of the molecule is CCC(=O)Nc1ccc(C(C)NC(=O)C2CCN(c3cccc(Br)c3)C2=O)cc1. The van der Waals surface area contributed by atoms with E-state index in [0.717, 1.165) is 21.4 Å². The molecule has 1 aliphatic heterocycles. The summed E-state index contributed by atoms with van der Waals surface area (Å²) in [6.07, 6.45) is 0.909. The Morgan fingerprint density at radius 2 is 1.93 bits per heavy atom. The molecule has 0 aliphatic carbocycles. The van der Waals surface area contributed by atoms with Crippen LogP contribution in [-0.2, 0) is 14.4 Å². The number of amides is 3. The number of hydrogen-bond donors (Lipinski definition) is 2. The molecule has 0 saturated carbocycles. The highest BCUT2D eigenvalue weighted by Gasteiger charge is 2.38. The van der Waals surface area contributed by atoms with Crippen LogP contribution in [0.5, 0.6) is 0 Å². The zero-order chi connectivity index (χ0) is 21.0. The smallest absolute Gasteiger partial charge is 0.239 e. The van der Waals surface area contributed by atoms with Gasteiger partial charge in [-0.05, 0) is 49.2 Å². The molecule has 3 amide bonds. The molecule has 2 aromatic carbocycles. The number of benzene rings is 2. The van der Waals surface area contributed by atoms with E-state index in [4.69, 9.17) is 0 Å². The number of anilines is 2. The van der Waals surface area contributed by atoms with E-state index in [1.807, 2.05) is 43.3 Å². The molecule has 1 aliphatic rings. The molecular weight excluding hydrogens is 434 g/mol. The molecule has 2 N–H and O–H groups in total. The molecule has 6 nitrogen and oxygen atoms in total. The van der Waals surface area contributed by atoms with Crippen molar-refractivity contribution in [2.24, 2.45) is 5.92 Å². The molecule has 0 spiro atoms. The van der Waals surface area contributed by atoms with Crippen LogP contribution >= 0.6 is 15.9 Å². The Bertz CT molecular complexity index is 914. The van der Waals surface area contributed by atoms with Crippen LogP contribution in [0, 0.1) is 5.92 Å². The maximum atomic E-state index is 12.8. The first-order valence-electron chi connectivity index (χ1n) is 9.66. The van der Waals surface area contributed by atoms with Crippen LogP contribution in [0.2, 0.25) is 0 Å². The molecule has 3 rings (SSSR count). The number of nitrogens with one attached hydrogen (secondary N) is 2. The number of nitrogens with zero attached hydrogens (tertiary/aromatic N) is 1. The van der Waals surface area contributed by atoms with Crippen LogP contribution in [0.4, 0.5) is 11.4 Å². The molecule has 2 aromatic rings. The topological polar surface area (TPSA) is 78.5 Å². The van der Waals surface area contributed by atoms with Gasteiger partial charge in [-0.1, -0.05) is 41.1 Å². The van der Waals surface area contributed by atoms with E-state index in [1.54, 1.807) is 24.0 Å². The first-order valence-corrected chi connectivity index (χ1v) is 10.5. The van der Waals surface area contributed by atoms with Crippen molar-refractivity contribution in [1.82, 2.24) is 5.32 Å². The van der Waals surface area contributed by atoms with E-state index in [9.17, 15) is 14.4 Å². The predicted molar refractivity (Wildman–Crippen MR) is 117 cm³/mol. The summed E-state index contributed by atoms with van der Waals surface area (Å²) in [6, 6.07) is 14.6. The quantitative estimate of drug-likeness (QED) is 0.642. The van der Waals surface area contributed by atoms with Gasteiger partial charge in [0.25, 0.3) is 0 Å². The Balaban J connectivity index is 1.61. The third-order valence-corrected chi connectivity index (χ3v) is 5.51. The average Bonchev–Trinajstić information content (AvgIpc) is 3.09. The Labute approximate surface area is 178 Å². The standard InChI is InChI=1S/C22H24BrN3O3/c1-3-20(27)25-17-9-7-15(8-10-17)14(2)24-21(28)19-11-12-26(22(19)29)18-6-4-5-16(23)13-18/h4-10,13-14,19H,3,11-12H2,1-2H3,(H,24,28)(H,25,27). The van der Waals surface area contributed by atoms with Gasteiger partial charge < -0.3 is 15.5 Å². The van der Waals surface area contributed by atoms with Crippen molar-refractivity contribution in [1.29, 1.82) is 0 Å². The molecule has 7 heteroatoms. The van der Waals surface area contributed by atoms with Crippen molar-refractivity contribution in [3.63, 3.8) is 0 Å². The average molecular weight is 458 g/mol. The van der Waals surface area contributed by atoms with E-state index < -0.39 is 5.92 Å². The number of hydrogen-bond acceptors (Lipinski definition) is 3. The first-order chi connectivity index (χ1) is 13.9. The summed E-state index contributed by atoms with van der Waals surface area (Å²) in [5.41, 5.74) is 2.41. The fourth-order valence-electron chi connectivity index (χ4n) is 3.33. The maximum absolute atomic E-state index is 12.8. The minimum atomic E-state index is -0.681. The molecule has 2 unspecified atom stereocenters. The van der Waals surface area contributed by atoms with Gasteiger partial charge in [0.05, 0.1) is 6.04 Å². The molecule has 1 heterocycles. The van der Waals surface area contributed by atoms with Gasteiger partial charge in [-0.25, -0.2) is 0 Å². The van der Waals surface area contributed by atoms with Crippen LogP contribution in [0.1, 0.15) is 38.3 Å². The lowest BCUT2D eigenvalue weighted by Crippen LogP contribution is -2.38. The van der Waals surface area contributed by atoms with Crippen LogP contribution in [-0.4, -0.2) is 24.3 Å². The maximum Gasteiger partial charge on any atom is 0.239 e. The van der Waals surface area contributed by atoms with Gasteiger partial charge in [0.1, 0.15) is 5.92 Å². The van der Waals surface area contributed by atoms with E-state index in [1.165, 1.54) is 0 Å². The number of carbonyl (C=O) groups is 3. The molecule has 0 aromatic heterocycles. The number of carbonyl (C=O) groups excluding carboxylic acids is 3. The summed E-state index contributed by atoms with van der Waals surface area (Å²) in [5.74, 6) is -1.16. The molecule has 1 saturated heterocycles. The van der Waals surface area contributed by atoms with Gasteiger partial charge >= 0.3 is 0 Å². The van der Waals surface area contributed by atoms with E-state index >= 15 is 0 Å². The molecule has 2 atom stereocenters. The van der Waals surface area contributed by atoms with E-state index in [2.05, 4.69) is 26.6 Å². The predicted octanol–water partition coefficient (Wildman–Crippen LogP) is 4.03. The number of halogens is 1. The van der Waals surface area contributed by atoms with Crippen LogP contribution in [0.3, 0.4) is 0 Å². The van der Waals surface area contributed by atoms with Gasteiger partial charge in [-0.3, -0.25) is 14.4 Å². The second kappa shape index (κ2) is 9.22. The van der Waals surface area contributed by atoms with Gasteiger partial charge in [-0.15, -0.1) is 0 Å². The molecule has 1 fully saturated rings. The summed E-state index contributed by atoms with van der Waals surface area (Å²) in [6.45, 7) is 4.19. The second-order valence-electron chi connectivity index (χ2n) is 7.07. The Morgan fingerprint density at radius 1 is 1.21 bits per heavy atom. The Morgan fingerprint density at radius 3 is 2.59 bits per heavy atom. The summed E-state index contributed by atoms with van der Waals surface area (Å²) < 4.78 is 0.892. The zero-order valence-corrected chi connectivity index (χ0v) is 18.0. The van der Waals surface area contributed by atoms with Crippen molar-refractivity contribution in [2.75, 3.05) is 16.8 Å². The van der Waals surface area contributed by atoms with E-state index in [0.29, 0.717) is 19.4 Å². The van der Waals surface area contributed by atoms with Crippen molar-refractivity contribution in [3.05, 3.63) is 58.6 Å². The van der Waals surface area contributed by atoms with Crippen molar-refractivity contribution in [3.8, 4) is 0 Å². The highest BCUT2D eigenvalue weighted by Crippen LogP contribution is 2.28. The van der Waals surface area contributed by atoms with Gasteiger partial charge in [0.2, 0.25) is 17.7 Å². The highest BCUT2D eigenvalue weighted by atomic mass is 79.9. The summed E-state index contributed by atoms with van der Waals surface area (Å²) in [4.78, 5) is 38.6. The van der Waals surface area contributed by atoms with Gasteiger partial charge in [-0.2, -0.15) is 0 Å². The van der Waals surface area contributed by atoms with Gasteiger partial charge in [0, 0.05) is 28.8 Å². The third kappa shape index (κ3) is 5.03. The van der Waals surface area contributed by atoms with Crippen LogP contribution < -0.4 is 15.5 Å². The molecular formula is C22H24BrN3O3. The largest absolute Gasteiger partial charge is 0.349 e. The van der Waals surface area contributed by atoms with Crippen LogP contribution in [0.25, 0.3) is 0 Å². The minimum absolute atomic E-state index is 0.0474. The van der Waals surface area contributed by atoms with Crippen LogP contribution in [0.15, 0.2) is 53.0 Å². The monoisotopic (exact) mass is 457 g/mol. The Hall–Kier alpha value is -2.67. The van der Waals surface area contributed by atoms with Gasteiger partial charge in [0.15, 0.2) is 0 Å². The molecule has 152 valence electrons. The fraction of sp³-hybridized carbons (Fsp3) is 0.318. The zero-order valence-electron chi connectivity index (χ0n) is 16.4. The van der Waals surface area contributed by atoms with Crippen molar-refractivity contribution >= 4 is 45.0 Å². The summed E-state index contributed by atoms with van der Waals surface area (Å²) >= 11 is 3.41. The first kappa shape index (κ1) is 21.0. The molecule has 0 radical (unpaired) electrons. The third-order valence-electron chi connectivity index (χ3n) is 5.02. The van der Waals surface area contributed by atoms with E-state index in [-0.39, 0.29) is 23.8 Å². The van der Waals surface area contributed by atoms with Crippen molar-refractivity contribution in [2.45, 2.75) is 32.7 Å². The highest BCUT2D eigenvalue weighted by molar-refractivity contribution is 9.10. The second-order valence-corrected chi connectivity index (χ2v) is 7.98. The van der Waals surface area contributed by atoms with Crippen molar-refractivity contribution < 1.29 is 14.4 Å². The summed E-state index contributed by atoms with van der Waals surface area (Å²) in [7, 11) is 0. The lowest BCUT2D eigenvalue weighted by Gasteiger charge is -2.19. The lowest BCUT2D eigenvalue weighted by atomic mass is 10.0. The fourth-order valence-corrected chi connectivity index (χ4v) is 3.71. The number of rotatable bonds is 6. The lowest BCUT2D eigenvalue weighted by molar-refractivity contribution is -0.132. The Kier molecular flexibility index (Phi) is 6.69. The molecule has 29 heavy (non-hydrogen) atoms. The molecule has 0 bridgehead atoms. The summed E-state index contributed by atoms with van der Waals surface area (Å²) in [5, 5.41) is 5.73.